The number of carbonyl (C=O) groups is 1. The summed E-state index contributed by atoms with van der Waals surface area (Å²) in [5.74, 6) is 1.70. The van der Waals surface area contributed by atoms with Crippen LogP contribution in [0.5, 0.6) is 5.75 Å². The van der Waals surface area contributed by atoms with Gasteiger partial charge in [-0.3, -0.25) is 9.36 Å². The van der Waals surface area contributed by atoms with E-state index in [9.17, 15) is 4.79 Å². The molecule has 178 valence electrons. The molecule has 1 amide bonds. The van der Waals surface area contributed by atoms with Crippen molar-refractivity contribution >= 4 is 35.0 Å². The Hall–Kier alpha value is -3.29. The molecule has 35 heavy (non-hydrogen) atoms. The van der Waals surface area contributed by atoms with Crippen LogP contribution < -0.4 is 9.64 Å². The summed E-state index contributed by atoms with van der Waals surface area (Å²) in [6.07, 6.45) is 0.867. The number of carbonyl (C=O) groups excluding carboxylic acids is 1. The highest BCUT2D eigenvalue weighted by molar-refractivity contribution is 7.99. The van der Waals surface area contributed by atoms with E-state index >= 15 is 0 Å². The molecule has 1 aliphatic heterocycles. The van der Waals surface area contributed by atoms with E-state index in [2.05, 4.69) is 23.2 Å². The van der Waals surface area contributed by atoms with E-state index in [0.717, 1.165) is 29.1 Å². The molecule has 0 unspecified atom stereocenters. The van der Waals surface area contributed by atoms with Gasteiger partial charge >= 0.3 is 0 Å². The topological polar surface area (TPSA) is 60.2 Å². The van der Waals surface area contributed by atoms with Crippen LogP contribution >= 0.6 is 23.4 Å². The molecule has 5 rings (SSSR count). The minimum atomic E-state index is 0.0491. The first-order chi connectivity index (χ1) is 17.1. The number of halogens is 1. The van der Waals surface area contributed by atoms with Crippen LogP contribution in [0.3, 0.4) is 0 Å². The van der Waals surface area contributed by atoms with Crippen LogP contribution in [0.2, 0.25) is 5.02 Å². The van der Waals surface area contributed by atoms with Crippen LogP contribution in [0, 0.1) is 0 Å². The Labute approximate surface area is 213 Å². The second kappa shape index (κ2) is 10.1. The number of rotatable bonds is 7. The first-order valence-electron chi connectivity index (χ1n) is 11.5. The van der Waals surface area contributed by atoms with Gasteiger partial charge in [-0.2, -0.15) is 0 Å². The Kier molecular flexibility index (Phi) is 6.79. The fourth-order valence-corrected chi connectivity index (χ4v) is 5.44. The van der Waals surface area contributed by atoms with Crippen molar-refractivity contribution in [3.63, 3.8) is 0 Å². The zero-order valence-corrected chi connectivity index (χ0v) is 21.1. The predicted molar refractivity (Wildman–Crippen MR) is 141 cm³/mol. The van der Waals surface area contributed by atoms with Crippen molar-refractivity contribution in [3.05, 3.63) is 83.4 Å². The van der Waals surface area contributed by atoms with Crippen LogP contribution in [0.4, 0.5) is 5.69 Å². The maximum atomic E-state index is 13.3. The van der Waals surface area contributed by atoms with Crippen molar-refractivity contribution in [2.75, 3.05) is 17.3 Å². The number of hydrogen-bond acceptors (Lipinski definition) is 5. The molecule has 2 heterocycles. The van der Waals surface area contributed by atoms with Crippen molar-refractivity contribution in [1.82, 2.24) is 14.8 Å². The number of ether oxygens (including phenoxy) is 1. The third-order valence-corrected chi connectivity index (χ3v) is 7.20. The summed E-state index contributed by atoms with van der Waals surface area (Å²) < 4.78 is 7.54. The molecule has 0 fully saturated rings. The quantitative estimate of drug-likeness (QED) is 0.286. The molecular weight excluding hydrogens is 480 g/mol. The average molecular weight is 505 g/mol. The number of para-hydroxylation sites is 1. The van der Waals surface area contributed by atoms with Crippen molar-refractivity contribution in [3.8, 4) is 22.8 Å². The molecule has 1 aliphatic rings. The molecule has 1 aromatic heterocycles. The summed E-state index contributed by atoms with van der Waals surface area (Å²) in [6.45, 7) is 4.63. The molecule has 1 atom stereocenters. The molecule has 0 radical (unpaired) electrons. The average Bonchev–Trinajstić information content (AvgIpc) is 3.44. The SMILES string of the molecule is CCOc1ccc(-n2c(SCC(=O)N3c4ccccc4C[C@@H]3C)nnc2-c2ccccc2Cl)cc1. The van der Waals surface area contributed by atoms with Gasteiger partial charge in [0.1, 0.15) is 5.75 Å². The van der Waals surface area contributed by atoms with E-state index < -0.39 is 0 Å². The molecule has 0 spiro atoms. The van der Waals surface area contributed by atoms with E-state index in [1.165, 1.54) is 17.3 Å². The van der Waals surface area contributed by atoms with E-state index in [1.54, 1.807) is 0 Å². The monoisotopic (exact) mass is 504 g/mol. The molecule has 4 aromatic rings. The summed E-state index contributed by atoms with van der Waals surface area (Å²) in [7, 11) is 0. The highest BCUT2D eigenvalue weighted by Gasteiger charge is 2.31. The lowest BCUT2D eigenvalue weighted by Crippen LogP contribution is -2.37. The highest BCUT2D eigenvalue weighted by atomic mass is 35.5. The molecule has 0 N–H and O–H groups in total. The minimum Gasteiger partial charge on any atom is -0.494 e. The molecule has 3 aromatic carbocycles. The van der Waals surface area contributed by atoms with E-state index in [4.69, 9.17) is 16.3 Å². The van der Waals surface area contributed by atoms with Gasteiger partial charge in [-0.1, -0.05) is 53.7 Å². The fraction of sp³-hybridized carbons (Fsp3) is 0.222. The minimum absolute atomic E-state index is 0.0491. The van der Waals surface area contributed by atoms with Crippen LogP contribution in [0.25, 0.3) is 17.1 Å². The second-order valence-electron chi connectivity index (χ2n) is 8.28. The Bertz CT molecular complexity index is 1360. The summed E-state index contributed by atoms with van der Waals surface area (Å²) in [5.41, 5.74) is 3.84. The van der Waals surface area contributed by atoms with Crippen molar-refractivity contribution in [2.24, 2.45) is 0 Å². The molecule has 0 saturated carbocycles. The summed E-state index contributed by atoms with van der Waals surface area (Å²) in [5, 5.41) is 10.1. The van der Waals surface area contributed by atoms with Gasteiger partial charge in [0, 0.05) is 23.0 Å². The van der Waals surface area contributed by atoms with Crippen LogP contribution in [0.1, 0.15) is 19.4 Å². The van der Waals surface area contributed by atoms with Gasteiger partial charge in [-0.15, -0.1) is 10.2 Å². The fourth-order valence-electron chi connectivity index (χ4n) is 4.41. The number of anilines is 1. The lowest BCUT2D eigenvalue weighted by molar-refractivity contribution is -0.116. The Morgan fingerprint density at radius 2 is 1.80 bits per heavy atom. The molecule has 0 saturated heterocycles. The largest absolute Gasteiger partial charge is 0.494 e. The Morgan fingerprint density at radius 1 is 1.06 bits per heavy atom. The van der Waals surface area contributed by atoms with Crippen LogP contribution in [-0.4, -0.2) is 39.1 Å². The van der Waals surface area contributed by atoms with E-state index in [0.29, 0.717) is 22.6 Å². The molecule has 8 heteroatoms. The van der Waals surface area contributed by atoms with Crippen molar-refractivity contribution in [2.45, 2.75) is 31.5 Å². The number of benzene rings is 3. The van der Waals surface area contributed by atoms with Crippen molar-refractivity contribution in [1.29, 1.82) is 0 Å². The zero-order valence-electron chi connectivity index (χ0n) is 19.5. The smallest absolute Gasteiger partial charge is 0.237 e. The zero-order chi connectivity index (χ0) is 24.4. The lowest BCUT2D eigenvalue weighted by Gasteiger charge is -2.22. The number of fused-ring (bicyclic) bond motifs is 1. The van der Waals surface area contributed by atoms with E-state index in [-0.39, 0.29) is 17.7 Å². The van der Waals surface area contributed by atoms with Gasteiger partial charge in [-0.25, -0.2) is 0 Å². The molecule has 0 aliphatic carbocycles. The van der Waals surface area contributed by atoms with Crippen LogP contribution in [0.15, 0.2) is 78.0 Å². The number of thioether (sulfide) groups is 1. The van der Waals surface area contributed by atoms with Gasteiger partial charge in [-0.05, 0) is 68.3 Å². The molecular formula is C27H25ClN4O2S. The lowest BCUT2D eigenvalue weighted by atomic mass is 10.1. The maximum absolute atomic E-state index is 13.3. The maximum Gasteiger partial charge on any atom is 0.237 e. The third kappa shape index (κ3) is 4.66. The van der Waals surface area contributed by atoms with Gasteiger partial charge < -0.3 is 9.64 Å². The van der Waals surface area contributed by atoms with E-state index in [1.807, 2.05) is 83.1 Å². The number of nitrogens with zero attached hydrogens (tertiary/aromatic N) is 4. The standard InChI is InChI=1S/C27H25ClN4O2S/c1-3-34-21-14-12-20(13-15-21)32-26(22-9-5-6-10-23(22)28)29-30-27(32)35-17-25(33)31-18(2)16-19-8-4-7-11-24(19)31/h4-15,18H,3,16-17H2,1-2H3/t18-/m0/s1. The highest BCUT2D eigenvalue weighted by Crippen LogP contribution is 2.35. The van der Waals surface area contributed by atoms with Crippen molar-refractivity contribution < 1.29 is 9.53 Å². The number of aromatic nitrogens is 3. The summed E-state index contributed by atoms with van der Waals surface area (Å²) >= 11 is 7.88. The second-order valence-corrected chi connectivity index (χ2v) is 9.63. The number of amides is 1. The summed E-state index contributed by atoms with van der Waals surface area (Å²) in [4.78, 5) is 15.2. The predicted octanol–water partition coefficient (Wildman–Crippen LogP) is 6.06. The number of hydrogen-bond donors (Lipinski definition) is 0. The first-order valence-corrected chi connectivity index (χ1v) is 12.9. The molecule has 6 nitrogen and oxygen atoms in total. The Morgan fingerprint density at radius 3 is 2.57 bits per heavy atom. The first kappa shape index (κ1) is 23.5. The Balaban J connectivity index is 1.46. The third-order valence-electron chi connectivity index (χ3n) is 5.95. The molecule has 0 bridgehead atoms. The van der Waals surface area contributed by atoms with Crippen LogP contribution in [-0.2, 0) is 11.2 Å². The van der Waals surface area contributed by atoms with Gasteiger partial charge in [0.05, 0.1) is 17.4 Å². The van der Waals surface area contributed by atoms with Gasteiger partial charge in [0.15, 0.2) is 11.0 Å². The van der Waals surface area contributed by atoms with Gasteiger partial charge in [0.25, 0.3) is 0 Å². The summed E-state index contributed by atoms with van der Waals surface area (Å²) in [6, 6.07) is 23.5. The van der Waals surface area contributed by atoms with Gasteiger partial charge in [0.2, 0.25) is 5.91 Å². The normalized spacial score (nSPS) is 14.7.